The Labute approximate surface area is 169 Å². The van der Waals surface area contributed by atoms with E-state index in [-0.39, 0.29) is 0 Å². The molecule has 0 aliphatic rings. The minimum atomic E-state index is 0.402. The van der Waals surface area contributed by atoms with Crippen molar-refractivity contribution in [3.8, 4) is 0 Å². The molecule has 148 valence electrons. The smallest absolute Gasteiger partial charge is 0.147 e. The average Bonchev–Trinajstić information content (AvgIpc) is 3.26. The Morgan fingerprint density at radius 2 is 1.34 bits per heavy atom. The van der Waals surface area contributed by atoms with E-state index in [1.165, 1.54) is 22.3 Å². The molecule has 0 saturated carbocycles. The van der Waals surface area contributed by atoms with Crippen molar-refractivity contribution in [1.82, 2.24) is 30.0 Å². The number of carbonyl (C=O) groups excluding carboxylic acids is 1. The lowest BCUT2D eigenvalue weighted by atomic mass is 10.1. The van der Waals surface area contributed by atoms with Crippen molar-refractivity contribution < 1.29 is 4.79 Å². The molecular formula is C22H24N6O. The van der Waals surface area contributed by atoms with Crippen molar-refractivity contribution in [2.75, 3.05) is 0 Å². The van der Waals surface area contributed by atoms with Crippen molar-refractivity contribution in [2.24, 2.45) is 0 Å². The van der Waals surface area contributed by atoms with Crippen molar-refractivity contribution in [2.45, 2.75) is 47.2 Å². The molecular weight excluding hydrogens is 364 g/mol. The second-order valence-corrected chi connectivity index (χ2v) is 7.60. The number of aryl methyl sites for hydroxylation is 5. The predicted molar refractivity (Wildman–Crippen MR) is 113 cm³/mol. The summed E-state index contributed by atoms with van der Waals surface area (Å²) in [6.45, 7) is 9.34. The molecule has 0 amide bonds. The predicted octanol–water partition coefficient (Wildman–Crippen LogP) is 3.63. The first kappa shape index (κ1) is 19.0. The highest BCUT2D eigenvalue weighted by Crippen LogP contribution is 2.19. The maximum absolute atomic E-state index is 11.6. The average molecular weight is 388 g/mol. The van der Waals surface area contributed by atoms with Crippen LogP contribution in [0.4, 0.5) is 0 Å². The first-order valence-electron chi connectivity index (χ1n) is 9.71. The van der Waals surface area contributed by atoms with Gasteiger partial charge in [-0.3, -0.25) is 4.79 Å². The molecule has 0 spiro atoms. The van der Waals surface area contributed by atoms with Crippen LogP contribution in [0.3, 0.4) is 0 Å². The van der Waals surface area contributed by atoms with Gasteiger partial charge in [-0.1, -0.05) is 16.5 Å². The second-order valence-electron chi connectivity index (χ2n) is 7.60. The van der Waals surface area contributed by atoms with E-state index in [2.05, 4.69) is 66.5 Å². The van der Waals surface area contributed by atoms with Crippen LogP contribution in [0.5, 0.6) is 0 Å². The number of rotatable bonds is 6. The summed E-state index contributed by atoms with van der Waals surface area (Å²) in [7, 11) is 0. The van der Waals surface area contributed by atoms with Gasteiger partial charge in [-0.15, -0.1) is 10.2 Å². The van der Waals surface area contributed by atoms with Gasteiger partial charge in [0, 0.05) is 12.1 Å². The minimum Gasteiger partial charge on any atom is -0.298 e. The monoisotopic (exact) mass is 388 g/mol. The fourth-order valence-electron chi connectivity index (χ4n) is 3.42. The molecule has 7 nitrogen and oxygen atoms in total. The Kier molecular flexibility index (Phi) is 4.96. The Hall–Kier alpha value is -3.35. The molecule has 0 N–H and O–H groups in total. The van der Waals surface area contributed by atoms with E-state index in [9.17, 15) is 4.79 Å². The van der Waals surface area contributed by atoms with E-state index in [0.717, 1.165) is 28.4 Å². The number of nitrogens with zero attached hydrogens (tertiary/aromatic N) is 6. The molecule has 2 aromatic carbocycles. The van der Waals surface area contributed by atoms with Crippen LogP contribution >= 0.6 is 0 Å². The Bertz CT molecular complexity index is 1250. The summed E-state index contributed by atoms with van der Waals surface area (Å²) >= 11 is 0. The number of hydrogen-bond acceptors (Lipinski definition) is 5. The molecule has 0 unspecified atom stereocenters. The molecule has 0 atom stereocenters. The summed E-state index contributed by atoms with van der Waals surface area (Å²) in [5.41, 5.74) is 9.16. The molecule has 0 saturated heterocycles. The van der Waals surface area contributed by atoms with Gasteiger partial charge in [-0.05, 0) is 80.6 Å². The van der Waals surface area contributed by atoms with Crippen LogP contribution in [0.25, 0.3) is 22.1 Å². The van der Waals surface area contributed by atoms with Crippen LogP contribution in [-0.2, 0) is 17.9 Å². The van der Waals surface area contributed by atoms with Crippen LogP contribution in [0, 0.1) is 27.7 Å². The number of aromatic nitrogens is 6. The van der Waals surface area contributed by atoms with E-state index in [1.54, 1.807) is 4.68 Å². The van der Waals surface area contributed by atoms with Gasteiger partial charge in [0.15, 0.2) is 0 Å². The lowest BCUT2D eigenvalue weighted by Crippen LogP contribution is -2.05. The van der Waals surface area contributed by atoms with Crippen LogP contribution in [0.15, 0.2) is 35.9 Å². The molecule has 0 bridgehead atoms. The molecule has 7 heteroatoms. The van der Waals surface area contributed by atoms with Gasteiger partial charge in [0.2, 0.25) is 0 Å². The van der Waals surface area contributed by atoms with E-state index >= 15 is 0 Å². The van der Waals surface area contributed by atoms with Gasteiger partial charge in [0.05, 0.1) is 17.6 Å². The number of carbonyl (C=O) groups is 1. The van der Waals surface area contributed by atoms with Gasteiger partial charge in [-0.25, -0.2) is 9.36 Å². The maximum atomic E-state index is 11.6. The third-order valence-electron chi connectivity index (χ3n) is 5.49. The molecule has 0 aliphatic carbocycles. The maximum Gasteiger partial charge on any atom is 0.147 e. The number of aldehydes is 1. The van der Waals surface area contributed by atoms with E-state index in [1.807, 2.05) is 16.8 Å². The molecule has 29 heavy (non-hydrogen) atoms. The summed E-state index contributed by atoms with van der Waals surface area (Å²) in [4.78, 5) is 11.6. The van der Waals surface area contributed by atoms with Crippen LogP contribution in [-0.4, -0.2) is 36.3 Å². The normalized spacial score (nSPS) is 12.2. The standard InChI is InChI=1S/C22H24N6O/c1-14-8-19-21(10-16(14)3)27(25-23-19)7-5-6-18(13-29)12-28-22-11-17(4)15(2)9-20(22)24-26-28/h6,8-11,13H,5,7,12H2,1-4H3/b18-6+. The Balaban J connectivity index is 1.51. The molecule has 4 aromatic rings. The molecule has 2 aromatic heterocycles. The van der Waals surface area contributed by atoms with E-state index in [0.29, 0.717) is 25.1 Å². The zero-order chi connectivity index (χ0) is 20.5. The van der Waals surface area contributed by atoms with Gasteiger partial charge >= 0.3 is 0 Å². The first-order valence-corrected chi connectivity index (χ1v) is 9.71. The molecule has 4 rings (SSSR count). The second kappa shape index (κ2) is 7.58. The number of allylic oxidation sites excluding steroid dienone is 2. The van der Waals surface area contributed by atoms with Crippen molar-refractivity contribution in [3.05, 3.63) is 58.2 Å². The van der Waals surface area contributed by atoms with Crippen molar-refractivity contribution >= 4 is 28.4 Å². The molecule has 0 fully saturated rings. The van der Waals surface area contributed by atoms with Crippen molar-refractivity contribution in [1.29, 1.82) is 0 Å². The van der Waals surface area contributed by atoms with E-state index < -0.39 is 0 Å². The molecule has 0 aliphatic heterocycles. The first-order chi connectivity index (χ1) is 14.0. The number of fused-ring (bicyclic) bond motifs is 2. The van der Waals surface area contributed by atoms with Gasteiger partial charge in [0.1, 0.15) is 17.3 Å². The lowest BCUT2D eigenvalue weighted by molar-refractivity contribution is -0.105. The highest BCUT2D eigenvalue weighted by molar-refractivity contribution is 5.78. The topological polar surface area (TPSA) is 78.5 Å². The lowest BCUT2D eigenvalue weighted by Gasteiger charge is -2.05. The van der Waals surface area contributed by atoms with Gasteiger partial charge < -0.3 is 0 Å². The van der Waals surface area contributed by atoms with Gasteiger partial charge in [-0.2, -0.15) is 0 Å². The number of benzene rings is 2. The van der Waals surface area contributed by atoms with E-state index in [4.69, 9.17) is 0 Å². The Morgan fingerprint density at radius 1 is 0.828 bits per heavy atom. The summed E-state index contributed by atoms with van der Waals surface area (Å²) in [6, 6.07) is 8.26. The number of hydrogen-bond donors (Lipinski definition) is 0. The SMILES string of the molecule is Cc1cc2nnn(CC/C=C(/C=O)Cn3nnc4cc(C)c(C)cc43)c2cc1C. The fourth-order valence-corrected chi connectivity index (χ4v) is 3.42. The minimum absolute atomic E-state index is 0.402. The third kappa shape index (κ3) is 3.68. The van der Waals surface area contributed by atoms with Gasteiger partial charge in [0.25, 0.3) is 0 Å². The Morgan fingerprint density at radius 3 is 1.93 bits per heavy atom. The summed E-state index contributed by atoms with van der Waals surface area (Å²) in [5, 5.41) is 17.0. The zero-order valence-electron chi connectivity index (χ0n) is 17.2. The third-order valence-corrected chi connectivity index (χ3v) is 5.49. The van der Waals surface area contributed by atoms with Crippen LogP contribution < -0.4 is 0 Å². The molecule has 0 radical (unpaired) electrons. The van der Waals surface area contributed by atoms with Crippen molar-refractivity contribution in [3.63, 3.8) is 0 Å². The summed E-state index contributed by atoms with van der Waals surface area (Å²) < 4.78 is 3.66. The van der Waals surface area contributed by atoms with Crippen LogP contribution in [0.2, 0.25) is 0 Å². The zero-order valence-corrected chi connectivity index (χ0v) is 17.2. The largest absolute Gasteiger partial charge is 0.298 e. The summed E-state index contributed by atoms with van der Waals surface area (Å²) in [6.07, 6.45) is 3.52. The fraction of sp³-hybridized carbons (Fsp3) is 0.318. The summed E-state index contributed by atoms with van der Waals surface area (Å²) in [5.74, 6) is 0. The quantitative estimate of drug-likeness (QED) is 0.372. The molecule has 2 heterocycles. The van der Waals surface area contributed by atoms with Crippen LogP contribution in [0.1, 0.15) is 28.7 Å². The highest BCUT2D eigenvalue weighted by Gasteiger charge is 2.09. The highest BCUT2D eigenvalue weighted by atomic mass is 16.1.